The normalized spacial score (nSPS) is 9.69. The molecule has 0 heterocycles. The Morgan fingerprint density at radius 2 is 1.88 bits per heavy atom. The Morgan fingerprint density at radius 3 is 2.38 bits per heavy atom. The van der Waals surface area contributed by atoms with Crippen LogP contribution in [0.25, 0.3) is 6.08 Å². The molecule has 90 valence electrons. The average molecular weight is 239 g/mol. The van der Waals surface area contributed by atoms with Crippen molar-refractivity contribution in [2.24, 2.45) is 0 Å². The fraction of sp³-hybridized carbons (Fsp3) is 0.385. The molecule has 0 saturated heterocycles. The summed E-state index contributed by atoms with van der Waals surface area (Å²) < 4.78 is 5.59. The first-order valence-corrected chi connectivity index (χ1v) is 5.22. The van der Waals surface area contributed by atoms with Gasteiger partial charge in [0.25, 0.3) is 0 Å². The van der Waals surface area contributed by atoms with Crippen molar-refractivity contribution in [2.45, 2.75) is 6.42 Å². The Morgan fingerprint density at radius 1 is 1.25 bits per heavy atom. The van der Waals surface area contributed by atoms with Crippen LogP contribution in [-0.4, -0.2) is 32.1 Å². The lowest BCUT2D eigenvalue weighted by Gasteiger charge is -2.10. The predicted molar refractivity (Wildman–Crippen MR) is 75.6 cm³/mol. The fourth-order valence-corrected chi connectivity index (χ4v) is 1.27. The zero-order valence-corrected chi connectivity index (χ0v) is 11.1. The van der Waals surface area contributed by atoms with Gasteiger partial charge in [0.15, 0.2) is 0 Å². The molecule has 0 atom stereocenters. The Kier molecular flexibility index (Phi) is 7.77. The largest absolute Gasteiger partial charge is 0.494 e. The van der Waals surface area contributed by atoms with Crippen LogP contribution in [-0.2, 0) is 0 Å². The lowest BCUT2D eigenvalue weighted by atomic mass is 10.2. The maximum Gasteiger partial charge on any atom is 0.119 e. The van der Waals surface area contributed by atoms with Crippen molar-refractivity contribution in [3.63, 3.8) is 0 Å². The van der Waals surface area contributed by atoms with E-state index in [1.807, 2.05) is 30.3 Å². The monoisotopic (exact) mass is 239 g/mol. The molecule has 0 N–H and O–H groups in total. The predicted octanol–water partition coefficient (Wildman–Crippen LogP) is 2.77. The average Bonchev–Trinajstić information content (AvgIpc) is 2.25. The molecular formula is C13H21NOS. The number of ether oxygens (including phenoxy) is 1. The van der Waals surface area contributed by atoms with Crippen LogP contribution in [0.4, 0.5) is 0 Å². The van der Waals surface area contributed by atoms with Gasteiger partial charge in [-0.25, -0.2) is 0 Å². The Bertz CT molecular complexity index is 295. The molecule has 16 heavy (non-hydrogen) atoms. The van der Waals surface area contributed by atoms with E-state index in [2.05, 4.69) is 25.6 Å². The molecule has 1 rings (SSSR count). The lowest BCUT2D eigenvalue weighted by Crippen LogP contribution is -2.15. The van der Waals surface area contributed by atoms with Gasteiger partial charge in [-0.1, -0.05) is 24.8 Å². The van der Waals surface area contributed by atoms with Crippen LogP contribution in [0.2, 0.25) is 0 Å². The third kappa shape index (κ3) is 5.83. The minimum atomic E-state index is 0. The summed E-state index contributed by atoms with van der Waals surface area (Å²) in [4.78, 5) is 2.16. The summed E-state index contributed by atoms with van der Waals surface area (Å²) >= 11 is 0. The van der Waals surface area contributed by atoms with E-state index in [1.165, 1.54) is 0 Å². The summed E-state index contributed by atoms with van der Waals surface area (Å²) in [7, 11) is 4.14. The quantitative estimate of drug-likeness (QED) is 0.708. The first-order valence-electron chi connectivity index (χ1n) is 5.22. The molecule has 0 radical (unpaired) electrons. The van der Waals surface area contributed by atoms with Gasteiger partial charge in [0.2, 0.25) is 0 Å². The van der Waals surface area contributed by atoms with Crippen molar-refractivity contribution >= 4 is 19.6 Å². The summed E-state index contributed by atoms with van der Waals surface area (Å²) in [6.07, 6.45) is 2.88. The zero-order valence-electron chi connectivity index (χ0n) is 10.1. The smallest absolute Gasteiger partial charge is 0.119 e. The number of benzene rings is 1. The Labute approximate surface area is 105 Å². The summed E-state index contributed by atoms with van der Waals surface area (Å²) in [6, 6.07) is 7.97. The van der Waals surface area contributed by atoms with Crippen molar-refractivity contribution in [1.82, 2.24) is 4.90 Å². The highest BCUT2D eigenvalue weighted by atomic mass is 32.1. The second-order valence-electron chi connectivity index (χ2n) is 3.78. The maximum absolute atomic E-state index is 5.59. The van der Waals surface area contributed by atoms with Gasteiger partial charge in [-0.3, -0.25) is 0 Å². The first-order chi connectivity index (χ1) is 7.22. The van der Waals surface area contributed by atoms with Gasteiger partial charge in [-0.2, -0.15) is 13.5 Å². The molecule has 0 saturated carbocycles. The molecule has 0 fully saturated rings. The van der Waals surface area contributed by atoms with Crippen molar-refractivity contribution in [3.8, 4) is 5.75 Å². The van der Waals surface area contributed by atoms with Crippen LogP contribution in [0.15, 0.2) is 30.8 Å². The van der Waals surface area contributed by atoms with E-state index in [9.17, 15) is 0 Å². The van der Waals surface area contributed by atoms with E-state index in [0.29, 0.717) is 0 Å². The highest BCUT2D eigenvalue weighted by Gasteiger charge is 1.94. The van der Waals surface area contributed by atoms with Crippen molar-refractivity contribution in [2.75, 3.05) is 27.2 Å². The number of hydrogen-bond donors (Lipinski definition) is 0. The van der Waals surface area contributed by atoms with E-state index in [0.717, 1.165) is 30.9 Å². The van der Waals surface area contributed by atoms with Crippen LogP contribution < -0.4 is 4.74 Å². The highest BCUT2D eigenvalue weighted by Crippen LogP contribution is 2.12. The van der Waals surface area contributed by atoms with Crippen LogP contribution in [0.1, 0.15) is 12.0 Å². The summed E-state index contributed by atoms with van der Waals surface area (Å²) in [6.45, 7) is 5.54. The summed E-state index contributed by atoms with van der Waals surface area (Å²) in [5.41, 5.74) is 1.12. The first kappa shape index (κ1) is 15.1. The van der Waals surface area contributed by atoms with Crippen molar-refractivity contribution in [1.29, 1.82) is 0 Å². The number of nitrogens with zero attached hydrogens (tertiary/aromatic N) is 1. The van der Waals surface area contributed by atoms with Crippen LogP contribution >= 0.6 is 13.5 Å². The van der Waals surface area contributed by atoms with Gasteiger partial charge in [0.1, 0.15) is 5.75 Å². The molecule has 0 aromatic heterocycles. The van der Waals surface area contributed by atoms with E-state index in [1.54, 1.807) is 0 Å². The number of rotatable bonds is 6. The molecule has 0 aliphatic heterocycles. The third-order valence-electron chi connectivity index (χ3n) is 2.13. The molecule has 0 unspecified atom stereocenters. The number of hydrogen-bond acceptors (Lipinski definition) is 2. The molecule has 0 spiro atoms. The maximum atomic E-state index is 5.59. The van der Waals surface area contributed by atoms with Crippen LogP contribution in [0, 0.1) is 0 Å². The van der Waals surface area contributed by atoms with Crippen LogP contribution in [0.3, 0.4) is 0 Å². The Balaban J connectivity index is 0.00000225. The SMILES string of the molecule is C=Cc1ccc(OCCCN(C)C)cc1.S. The molecule has 0 bridgehead atoms. The molecular weight excluding hydrogens is 218 g/mol. The molecule has 3 heteroatoms. The van der Waals surface area contributed by atoms with Gasteiger partial charge in [-0.05, 0) is 38.2 Å². The van der Waals surface area contributed by atoms with Gasteiger partial charge >= 0.3 is 0 Å². The van der Waals surface area contributed by atoms with Gasteiger partial charge in [0.05, 0.1) is 6.61 Å². The second-order valence-corrected chi connectivity index (χ2v) is 3.78. The van der Waals surface area contributed by atoms with E-state index in [-0.39, 0.29) is 13.5 Å². The van der Waals surface area contributed by atoms with E-state index < -0.39 is 0 Å². The third-order valence-corrected chi connectivity index (χ3v) is 2.13. The highest BCUT2D eigenvalue weighted by molar-refractivity contribution is 7.59. The lowest BCUT2D eigenvalue weighted by molar-refractivity contribution is 0.281. The standard InChI is InChI=1S/C13H19NO.H2S/c1-4-12-6-8-13(9-7-12)15-11-5-10-14(2)3;/h4,6-9H,1,5,10-11H2,2-3H3;1H2. The molecule has 1 aromatic carbocycles. The summed E-state index contributed by atoms with van der Waals surface area (Å²) in [5.74, 6) is 0.930. The van der Waals surface area contributed by atoms with Crippen LogP contribution in [0.5, 0.6) is 5.75 Å². The summed E-state index contributed by atoms with van der Waals surface area (Å²) in [5, 5.41) is 0. The van der Waals surface area contributed by atoms with Crippen molar-refractivity contribution < 1.29 is 4.74 Å². The minimum absolute atomic E-state index is 0. The fourth-order valence-electron chi connectivity index (χ4n) is 1.27. The van der Waals surface area contributed by atoms with Gasteiger partial charge in [0, 0.05) is 6.54 Å². The van der Waals surface area contributed by atoms with Gasteiger partial charge < -0.3 is 9.64 Å². The molecule has 2 nitrogen and oxygen atoms in total. The molecule has 1 aromatic rings. The molecule has 0 amide bonds. The topological polar surface area (TPSA) is 12.5 Å². The zero-order chi connectivity index (χ0) is 11.1. The van der Waals surface area contributed by atoms with E-state index in [4.69, 9.17) is 4.74 Å². The molecule has 0 aliphatic carbocycles. The Hall–Kier alpha value is -0.930. The molecule has 0 aliphatic rings. The minimum Gasteiger partial charge on any atom is -0.494 e. The second kappa shape index (κ2) is 8.25. The van der Waals surface area contributed by atoms with Crippen molar-refractivity contribution in [3.05, 3.63) is 36.4 Å². The van der Waals surface area contributed by atoms with Gasteiger partial charge in [-0.15, -0.1) is 0 Å². The van der Waals surface area contributed by atoms with E-state index >= 15 is 0 Å².